The number of amides is 2. The highest BCUT2D eigenvalue weighted by Gasteiger charge is 2.24. The molecule has 3 aromatic carbocycles. The van der Waals surface area contributed by atoms with Crippen molar-refractivity contribution in [1.82, 2.24) is 10.6 Å². The summed E-state index contributed by atoms with van der Waals surface area (Å²) in [6.07, 6.45) is 8.80. The van der Waals surface area contributed by atoms with E-state index in [1.165, 1.54) is 12.5 Å². The minimum atomic E-state index is -0.499. The molecule has 0 bridgehead atoms. The summed E-state index contributed by atoms with van der Waals surface area (Å²) in [6.45, 7) is 0.539. The van der Waals surface area contributed by atoms with Crippen molar-refractivity contribution in [2.45, 2.75) is 50.7 Å². The molecule has 198 valence electrons. The first-order valence-electron chi connectivity index (χ1n) is 13.1. The number of carbonyl (C=O) groups excluding carboxylic acids is 2. The fraction of sp³-hybridized carbons (Fsp3) is 0.290. The van der Waals surface area contributed by atoms with E-state index in [1.807, 2.05) is 60.7 Å². The second kappa shape index (κ2) is 13.4. The topological polar surface area (TPSA) is 105 Å². The van der Waals surface area contributed by atoms with E-state index < -0.39 is 6.04 Å². The van der Waals surface area contributed by atoms with Crippen molar-refractivity contribution in [1.29, 1.82) is 0 Å². The third kappa shape index (κ3) is 7.70. The highest BCUT2D eigenvalue weighted by Crippen LogP contribution is 2.21. The third-order valence-electron chi connectivity index (χ3n) is 6.80. The van der Waals surface area contributed by atoms with Crippen LogP contribution in [0.1, 0.15) is 54.8 Å². The molecule has 2 amide bonds. The molecule has 7 heteroatoms. The Morgan fingerprint density at radius 3 is 2.37 bits per heavy atom. The Balaban J connectivity index is 1.43. The molecule has 1 saturated carbocycles. The van der Waals surface area contributed by atoms with Gasteiger partial charge in [0.15, 0.2) is 0 Å². The van der Waals surface area contributed by atoms with Crippen LogP contribution in [-0.2, 0) is 16.1 Å². The first kappa shape index (κ1) is 26.9. The molecule has 0 aromatic heterocycles. The minimum Gasteiger partial charge on any atom is -0.497 e. The first-order valence-corrected chi connectivity index (χ1v) is 13.1. The number of para-hydroxylation sites is 2. The number of anilines is 2. The van der Waals surface area contributed by atoms with Crippen LogP contribution in [0.15, 0.2) is 78.9 Å². The number of nitrogen functional groups attached to an aromatic ring is 1. The van der Waals surface area contributed by atoms with Gasteiger partial charge in [0.25, 0.3) is 0 Å². The zero-order valence-corrected chi connectivity index (χ0v) is 21.8. The summed E-state index contributed by atoms with van der Waals surface area (Å²) in [5.74, 6) is 0.510. The summed E-state index contributed by atoms with van der Waals surface area (Å²) < 4.78 is 5.25. The van der Waals surface area contributed by atoms with Crippen molar-refractivity contribution < 1.29 is 14.3 Å². The van der Waals surface area contributed by atoms with Gasteiger partial charge in [-0.05, 0) is 59.9 Å². The first-order chi connectivity index (χ1) is 18.5. The molecule has 0 radical (unpaired) electrons. The van der Waals surface area contributed by atoms with Gasteiger partial charge in [-0.3, -0.25) is 14.9 Å². The largest absolute Gasteiger partial charge is 0.497 e. The molecule has 0 heterocycles. The van der Waals surface area contributed by atoms with Crippen molar-refractivity contribution in [3.8, 4) is 5.75 Å². The number of nitrogens with one attached hydrogen (secondary N) is 3. The molecule has 0 aliphatic heterocycles. The molecule has 5 N–H and O–H groups in total. The van der Waals surface area contributed by atoms with Gasteiger partial charge in [0.1, 0.15) is 11.8 Å². The standard InChI is InChI=1S/C31H36N4O3/c1-38-26-18-13-23(14-19-26)21-33-30(31(37)34-25-7-3-2-4-8-25)24-16-11-22(12-17-24)15-20-29(36)35-28-10-6-5-9-27(28)32/h5-6,9-20,25,30,33H,2-4,7-8,21,32H2,1H3,(H,34,37)(H,35,36)/b20-15+. The number of rotatable bonds is 10. The van der Waals surface area contributed by atoms with Crippen LogP contribution in [0.2, 0.25) is 0 Å². The lowest BCUT2D eigenvalue weighted by Gasteiger charge is -2.26. The van der Waals surface area contributed by atoms with Crippen LogP contribution in [-0.4, -0.2) is 25.0 Å². The maximum absolute atomic E-state index is 13.4. The van der Waals surface area contributed by atoms with Crippen LogP contribution in [0, 0.1) is 0 Å². The highest BCUT2D eigenvalue weighted by atomic mass is 16.5. The average molecular weight is 513 g/mol. The fourth-order valence-electron chi connectivity index (χ4n) is 4.61. The predicted molar refractivity (Wildman–Crippen MR) is 153 cm³/mol. The van der Waals surface area contributed by atoms with Gasteiger partial charge in [0, 0.05) is 18.7 Å². The maximum atomic E-state index is 13.4. The molecule has 4 rings (SSSR count). The molecular weight excluding hydrogens is 476 g/mol. The Hall–Kier alpha value is -4.10. The monoisotopic (exact) mass is 512 g/mol. The summed E-state index contributed by atoms with van der Waals surface area (Å²) >= 11 is 0. The van der Waals surface area contributed by atoms with E-state index in [9.17, 15) is 9.59 Å². The number of nitrogens with two attached hydrogens (primary N) is 1. The van der Waals surface area contributed by atoms with Crippen LogP contribution < -0.4 is 26.4 Å². The number of methoxy groups -OCH3 is 1. The average Bonchev–Trinajstić information content (AvgIpc) is 2.95. The normalized spacial score (nSPS) is 14.7. The van der Waals surface area contributed by atoms with E-state index in [2.05, 4.69) is 16.0 Å². The van der Waals surface area contributed by atoms with Gasteiger partial charge in [-0.1, -0.05) is 67.8 Å². The molecule has 3 aromatic rings. The van der Waals surface area contributed by atoms with Gasteiger partial charge in [-0.15, -0.1) is 0 Å². The van der Waals surface area contributed by atoms with Crippen molar-refractivity contribution in [3.05, 3.63) is 95.6 Å². The summed E-state index contributed by atoms with van der Waals surface area (Å²) in [4.78, 5) is 25.7. The van der Waals surface area contributed by atoms with E-state index in [4.69, 9.17) is 10.5 Å². The highest BCUT2D eigenvalue weighted by molar-refractivity contribution is 6.03. The minimum absolute atomic E-state index is 0.0199. The summed E-state index contributed by atoms with van der Waals surface area (Å²) in [5.41, 5.74) is 9.77. The molecule has 1 aliphatic carbocycles. The SMILES string of the molecule is COc1ccc(CNC(C(=O)NC2CCCCC2)c2ccc(/C=C/C(=O)Nc3ccccc3N)cc2)cc1. The maximum Gasteiger partial charge on any atom is 0.248 e. The lowest BCUT2D eigenvalue weighted by molar-refractivity contribution is -0.124. The summed E-state index contributed by atoms with van der Waals surface area (Å²) in [7, 11) is 1.64. The van der Waals surface area contributed by atoms with Crippen LogP contribution >= 0.6 is 0 Å². The van der Waals surface area contributed by atoms with E-state index in [-0.39, 0.29) is 17.9 Å². The quantitative estimate of drug-likeness (QED) is 0.220. The van der Waals surface area contributed by atoms with Crippen molar-refractivity contribution in [2.75, 3.05) is 18.2 Å². The van der Waals surface area contributed by atoms with Crippen molar-refractivity contribution in [2.24, 2.45) is 0 Å². The number of ether oxygens (including phenoxy) is 1. The second-order valence-corrected chi connectivity index (χ2v) is 9.58. The predicted octanol–water partition coefficient (Wildman–Crippen LogP) is 5.21. The van der Waals surface area contributed by atoms with Gasteiger partial charge < -0.3 is 21.1 Å². The van der Waals surface area contributed by atoms with E-state index in [1.54, 1.807) is 25.3 Å². The Morgan fingerprint density at radius 2 is 1.68 bits per heavy atom. The second-order valence-electron chi connectivity index (χ2n) is 9.58. The summed E-state index contributed by atoms with van der Waals surface area (Å²) in [6, 6.07) is 22.3. The number of benzene rings is 3. The van der Waals surface area contributed by atoms with Crippen molar-refractivity contribution >= 4 is 29.3 Å². The molecule has 1 atom stereocenters. The van der Waals surface area contributed by atoms with Crippen LogP contribution in [0.25, 0.3) is 6.08 Å². The number of carbonyl (C=O) groups is 2. The van der Waals surface area contributed by atoms with Crippen molar-refractivity contribution in [3.63, 3.8) is 0 Å². The van der Waals surface area contributed by atoms with Gasteiger partial charge >= 0.3 is 0 Å². The molecule has 38 heavy (non-hydrogen) atoms. The smallest absolute Gasteiger partial charge is 0.248 e. The van der Waals surface area contributed by atoms with E-state index >= 15 is 0 Å². The Morgan fingerprint density at radius 1 is 0.974 bits per heavy atom. The Kier molecular flexibility index (Phi) is 9.54. The lowest BCUT2D eigenvalue weighted by atomic mass is 9.94. The number of hydrogen-bond donors (Lipinski definition) is 4. The molecular formula is C31H36N4O3. The number of hydrogen-bond acceptors (Lipinski definition) is 5. The van der Waals surface area contributed by atoms with Crippen LogP contribution in [0.4, 0.5) is 11.4 Å². The molecule has 0 saturated heterocycles. The lowest BCUT2D eigenvalue weighted by Crippen LogP contribution is -2.43. The van der Waals surface area contributed by atoms with Gasteiger partial charge in [0.2, 0.25) is 11.8 Å². The molecule has 0 spiro atoms. The zero-order valence-electron chi connectivity index (χ0n) is 21.8. The van der Waals surface area contributed by atoms with Gasteiger partial charge in [-0.25, -0.2) is 0 Å². The Bertz CT molecular complexity index is 1230. The molecule has 1 aliphatic rings. The van der Waals surface area contributed by atoms with Gasteiger partial charge in [0.05, 0.1) is 18.5 Å². The third-order valence-corrected chi connectivity index (χ3v) is 6.80. The van der Waals surface area contributed by atoms with Gasteiger partial charge in [-0.2, -0.15) is 0 Å². The molecule has 7 nitrogen and oxygen atoms in total. The van der Waals surface area contributed by atoms with Crippen LogP contribution in [0.5, 0.6) is 5.75 Å². The molecule has 1 unspecified atom stereocenters. The molecule has 1 fully saturated rings. The fourth-order valence-corrected chi connectivity index (χ4v) is 4.61. The van der Waals surface area contributed by atoms with E-state index in [0.717, 1.165) is 48.1 Å². The van der Waals surface area contributed by atoms with E-state index in [0.29, 0.717) is 17.9 Å². The summed E-state index contributed by atoms with van der Waals surface area (Å²) in [5, 5.41) is 9.47. The zero-order chi connectivity index (χ0) is 26.7. The van der Waals surface area contributed by atoms with Crippen LogP contribution in [0.3, 0.4) is 0 Å². The Labute approximate surface area is 224 Å².